The first kappa shape index (κ1) is 36.8. The molecule has 11 aromatic carbocycles. The molecule has 16 rings (SSSR count). The molecule has 69 heavy (non-hydrogen) atoms. The van der Waals surface area contributed by atoms with Gasteiger partial charge in [0.1, 0.15) is 0 Å². The lowest BCUT2D eigenvalue weighted by Gasteiger charge is -2.16. The molecule has 0 fully saturated rings. The van der Waals surface area contributed by atoms with E-state index >= 15 is 0 Å². The largest absolute Gasteiger partial charge is 0.309 e. The maximum Gasteiger partial charge on any atom is 0.235 e. The van der Waals surface area contributed by atoms with E-state index in [-0.39, 0.29) is 0 Å². The van der Waals surface area contributed by atoms with Gasteiger partial charge in [-0.2, -0.15) is 0 Å². The van der Waals surface area contributed by atoms with Crippen LogP contribution in [0.25, 0.3) is 148 Å². The van der Waals surface area contributed by atoms with Crippen molar-refractivity contribution in [2.24, 2.45) is 0 Å². The van der Waals surface area contributed by atoms with E-state index in [1.807, 2.05) is 0 Å². The second-order valence-electron chi connectivity index (χ2n) is 18.5. The summed E-state index contributed by atoms with van der Waals surface area (Å²) in [7, 11) is 0. The Bertz CT molecular complexity index is 4840. The molecule has 5 heteroatoms. The van der Waals surface area contributed by atoms with Gasteiger partial charge >= 0.3 is 0 Å². The lowest BCUT2D eigenvalue weighted by molar-refractivity contribution is 1.02. The molecule has 0 saturated heterocycles. The third-order valence-corrected chi connectivity index (χ3v) is 15.0. The Morgan fingerprint density at radius 3 is 1.48 bits per heavy atom. The molecule has 0 bridgehead atoms. The van der Waals surface area contributed by atoms with Gasteiger partial charge in [0, 0.05) is 65.1 Å². The third kappa shape index (κ3) is 4.97. The number of fused-ring (bicyclic) bond motifs is 18. The summed E-state index contributed by atoms with van der Waals surface area (Å²) in [5.41, 5.74) is 14.6. The fourth-order valence-corrected chi connectivity index (χ4v) is 12.0. The first-order valence-corrected chi connectivity index (χ1v) is 23.7. The molecule has 0 aliphatic heterocycles. The van der Waals surface area contributed by atoms with E-state index in [1.165, 1.54) is 70.7 Å². The van der Waals surface area contributed by atoms with Crippen molar-refractivity contribution >= 4 is 114 Å². The molecule has 0 atom stereocenters. The smallest absolute Gasteiger partial charge is 0.235 e. The van der Waals surface area contributed by atoms with Crippen molar-refractivity contribution in [2.45, 2.75) is 0 Å². The van der Waals surface area contributed by atoms with Gasteiger partial charge in [-0.05, 0) is 87.9 Å². The van der Waals surface area contributed by atoms with E-state index in [4.69, 9.17) is 9.97 Å². The summed E-state index contributed by atoms with van der Waals surface area (Å²) in [5.74, 6) is 0.641. The Kier molecular flexibility index (Phi) is 7.28. The lowest BCUT2D eigenvalue weighted by atomic mass is 9.94. The Morgan fingerprint density at radius 1 is 0.275 bits per heavy atom. The molecule has 0 unspecified atom stereocenters. The highest BCUT2D eigenvalue weighted by molar-refractivity contribution is 6.28. The molecule has 0 aliphatic rings. The Labute approximate surface area is 394 Å². The molecule has 318 valence electrons. The average molecular weight is 876 g/mol. The fraction of sp³-hybridized carbons (Fsp3) is 0. The summed E-state index contributed by atoms with van der Waals surface area (Å²) in [5, 5.41) is 15.5. The van der Waals surface area contributed by atoms with Gasteiger partial charge in [0.15, 0.2) is 0 Å². The van der Waals surface area contributed by atoms with Gasteiger partial charge in [-0.15, -0.1) is 0 Å². The van der Waals surface area contributed by atoms with Crippen molar-refractivity contribution in [3.63, 3.8) is 0 Å². The lowest BCUT2D eigenvalue weighted by Crippen LogP contribution is -2.04. The Morgan fingerprint density at radius 2 is 0.754 bits per heavy atom. The summed E-state index contributed by atoms with van der Waals surface area (Å²) in [6, 6.07) is 81.8. The van der Waals surface area contributed by atoms with Crippen molar-refractivity contribution < 1.29 is 0 Å². The zero-order valence-electron chi connectivity index (χ0n) is 37.1. The first-order valence-electron chi connectivity index (χ1n) is 23.7. The van der Waals surface area contributed by atoms with E-state index in [1.54, 1.807) is 0 Å². The van der Waals surface area contributed by atoms with E-state index in [9.17, 15) is 0 Å². The van der Waals surface area contributed by atoms with Crippen LogP contribution < -0.4 is 0 Å². The highest BCUT2D eigenvalue weighted by atomic mass is 15.2. The molecular weight excluding hydrogens is 839 g/mol. The summed E-state index contributed by atoms with van der Waals surface area (Å²) < 4.78 is 7.11. The Balaban J connectivity index is 0.957. The van der Waals surface area contributed by atoms with Gasteiger partial charge < -0.3 is 8.97 Å². The van der Waals surface area contributed by atoms with Gasteiger partial charge in [0.25, 0.3) is 0 Å². The van der Waals surface area contributed by atoms with Gasteiger partial charge in [0.05, 0.1) is 49.8 Å². The van der Waals surface area contributed by atoms with Crippen LogP contribution in [0.1, 0.15) is 0 Å². The van der Waals surface area contributed by atoms with Crippen LogP contribution in [0.15, 0.2) is 224 Å². The van der Waals surface area contributed by atoms with Gasteiger partial charge in [-0.1, -0.05) is 164 Å². The van der Waals surface area contributed by atoms with Crippen molar-refractivity contribution in [3.8, 4) is 34.0 Å². The molecule has 5 nitrogen and oxygen atoms in total. The summed E-state index contributed by atoms with van der Waals surface area (Å²) in [4.78, 5) is 11.4. The van der Waals surface area contributed by atoms with Crippen LogP contribution in [0.3, 0.4) is 0 Å². The molecule has 5 aromatic heterocycles. The van der Waals surface area contributed by atoms with Gasteiger partial charge in [0.2, 0.25) is 5.95 Å². The van der Waals surface area contributed by atoms with E-state index in [2.05, 4.69) is 238 Å². The molecule has 5 heterocycles. The number of para-hydroxylation sites is 5. The Hall–Kier alpha value is -9.32. The summed E-state index contributed by atoms with van der Waals surface area (Å²) in [6.45, 7) is 0. The maximum atomic E-state index is 5.74. The zero-order valence-corrected chi connectivity index (χ0v) is 37.1. The van der Waals surface area contributed by atoms with Crippen molar-refractivity contribution in [1.82, 2.24) is 23.5 Å². The number of hydrogen-bond acceptors (Lipinski definition) is 2. The zero-order chi connectivity index (χ0) is 44.9. The normalized spacial score (nSPS) is 12.3. The fourth-order valence-electron chi connectivity index (χ4n) is 12.0. The average Bonchev–Trinajstić information content (AvgIpc) is 4.15. The number of aromatic nitrogens is 5. The van der Waals surface area contributed by atoms with Crippen molar-refractivity contribution in [3.05, 3.63) is 224 Å². The number of rotatable bonds is 4. The summed E-state index contributed by atoms with van der Waals surface area (Å²) in [6.07, 6.45) is 0. The quantitative estimate of drug-likeness (QED) is 0.165. The predicted molar refractivity (Wildman–Crippen MR) is 289 cm³/mol. The van der Waals surface area contributed by atoms with Crippen LogP contribution in [0.2, 0.25) is 0 Å². The highest BCUT2D eigenvalue weighted by Gasteiger charge is 2.23. The summed E-state index contributed by atoms with van der Waals surface area (Å²) >= 11 is 0. The number of nitrogens with zero attached hydrogens (tertiary/aromatic N) is 5. The molecule has 0 spiro atoms. The van der Waals surface area contributed by atoms with Crippen LogP contribution in [-0.4, -0.2) is 23.5 Å². The van der Waals surface area contributed by atoms with Gasteiger partial charge in [-0.25, -0.2) is 9.97 Å². The van der Waals surface area contributed by atoms with Crippen LogP contribution >= 0.6 is 0 Å². The molecule has 0 radical (unpaired) electrons. The van der Waals surface area contributed by atoms with Crippen molar-refractivity contribution in [2.75, 3.05) is 0 Å². The number of hydrogen-bond donors (Lipinski definition) is 0. The SMILES string of the molecule is c1ccc(-n2c3ccccc3c3cc(-c4nc(-n5c6ccccc6c6cc(-c7ccc8c9cccc%10c%11ccccc%11n(c8c7)c%109)ccc65)nc5c6ccccc6c6ccccc6c45)ccc32)cc1. The van der Waals surface area contributed by atoms with Crippen molar-refractivity contribution in [1.29, 1.82) is 0 Å². The molecule has 0 saturated carbocycles. The van der Waals surface area contributed by atoms with Crippen LogP contribution in [-0.2, 0) is 0 Å². The van der Waals surface area contributed by atoms with Crippen LogP contribution in [0.4, 0.5) is 0 Å². The van der Waals surface area contributed by atoms with E-state index < -0.39 is 0 Å². The highest BCUT2D eigenvalue weighted by Crippen LogP contribution is 2.44. The molecular formula is C64H37N5. The maximum absolute atomic E-state index is 5.74. The molecule has 0 amide bonds. The standard InChI is InChI=1S/C64H37N5/c1-2-15-41(16-3-1)67-54-26-11-9-20-45(54)53-36-40(31-34-57(53)67)61-60-48-22-6-4-17-42(48)43-18-5-7-23-49(43)62(60)66-64(65-61)69-56-28-13-10-21-46(56)52-35-38(30-33-58(52)69)39-29-32-47-51-25-14-24-50-44-19-8-12-27-55(44)68(63(50)51)59(47)37-39/h1-37H. The van der Waals surface area contributed by atoms with E-state index in [0.717, 1.165) is 71.5 Å². The second-order valence-corrected chi connectivity index (χ2v) is 18.5. The predicted octanol–water partition coefficient (Wildman–Crippen LogP) is 16.6. The monoisotopic (exact) mass is 875 g/mol. The van der Waals surface area contributed by atoms with Gasteiger partial charge in [-0.3, -0.25) is 4.57 Å². The van der Waals surface area contributed by atoms with Crippen LogP contribution in [0.5, 0.6) is 0 Å². The molecule has 0 N–H and O–H groups in total. The minimum absolute atomic E-state index is 0.641. The minimum Gasteiger partial charge on any atom is -0.309 e. The molecule has 0 aliphatic carbocycles. The first-order chi connectivity index (χ1) is 34.2. The van der Waals surface area contributed by atoms with E-state index in [0.29, 0.717) is 5.95 Å². The second kappa shape index (κ2) is 13.6. The topological polar surface area (TPSA) is 40.0 Å². The van der Waals surface area contributed by atoms with Crippen LogP contribution in [0, 0.1) is 0 Å². The number of benzene rings is 11. The third-order valence-electron chi connectivity index (χ3n) is 15.0. The molecule has 16 aromatic rings. The minimum atomic E-state index is 0.641.